The molecule has 0 aliphatic carbocycles. The molecule has 2 unspecified atom stereocenters. The summed E-state index contributed by atoms with van der Waals surface area (Å²) >= 11 is 3.60. The van der Waals surface area contributed by atoms with Crippen molar-refractivity contribution in [2.24, 2.45) is 0 Å². The Bertz CT molecular complexity index is 533. The molecule has 0 saturated heterocycles. The van der Waals surface area contributed by atoms with E-state index < -0.39 is 6.10 Å². The molecular weight excluding hydrogens is 332 g/mol. The normalized spacial score (nSPS) is 18.3. The summed E-state index contributed by atoms with van der Waals surface area (Å²) in [4.78, 5) is 14.0. The van der Waals surface area contributed by atoms with Crippen molar-refractivity contribution in [1.29, 1.82) is 0 Å². The zero-order chi connectivity index (χ0) is 15.6. The van der Waals surface area contributed by atoms with Gasteiger partial charge in [-0.25, -0.2) is 0 Å². The van der Waals surface area contributed by atoms with Crippen molar-refractivity contribution in [1.82, 2.24) is 0 Å². The molecule has 1 aliphatic heterocycles. The zero-order valence-corrected chi connectivity index (χ0v) is 14.4. The van der Waals surface area contributed by atoms with E-state index in [9.17, 15) is 9.90 Å². The summed E-state index contributed by atoms with van der Waals surface area (Å²) in [6.45, 7) is 7.56. The van der Waals surface area contributed by atoms with Crippen LogP contribution in [-0.4, -0.2) is 23.6 Å². The van der Waals surface area contributed by atoms with E-state index >= 15 is 0 Å². The molecule has 21 heavy (non-hydrogen) atoms. The van der Waals surface area contributed by atoms with E-state index in [4.69, 9.17) is 0 Å². The average Bonchev–Trinajstić information content (AvgIpc) is 2.74. The Morgan fingerprint density at radius 2 is 2.14 bits per heavy atom. The molecule has 0 fully saturated rings. The van der Waals surface area contributed by atoms with Crippen LogP contribution in [0.2, 0.25) is 0 Å². The SMILES string of the molecule is CCCCN(c1cc2c(cc1Br)C(O)C(=O)N2)C(C)CC. The van der Waals surface area contributed by atoms with Crippen LogP contribution in [0.3, 0.4) is 0 Å². The van der Waals surface area contributed by atoms with Crippen LogP contribution in [0, 0.1) is 0 Å². The number of amides is 1. The molecule has 0 aromatic heterocycles. The van der Waals surface area contributed by atoms with Gasteiger partial charge in [0, 0.05) is 28.3 Å². The van der Waals surface area contributed by atoms with Crippen LogP contribution >= 0.6 is 15.9 Å². The monoisotopic (exact) mass is 354 g/mol. The smallest absolute Gasteiger partial charge is 0.257 e. The van der Waals surface area contributed by atoms with Gasteiger partial charge in [-0.1, -0.05) is 20.3 Å². The molecule has 116 valence electrons. The maximum Gasteiger partial charge on any atom is 0.257 e. The molecule has 1 aliphatic rings. The molecule has 0 bridgehead atoms. The van der Waals surface area contributed by atoms with Crippen molar-refractivity contribution in [3.8, 4) is 0 Å². The number of hydrogen-bond acceptors (Lipinski definition) is 3. The molecule has 0 radical (unpaired) electrons. The number of benzene rings is 1. The summed E-state index contributed by atoms with van der Waals surface area (Å²) in [5.74, 6) is -0.349. The van der Waals surface area contributed by atoms with Gasteiger partial charge < -0.3 is 15.3 Å². The van der Waals surface area contributed by atoms with Gasteiger partial charge in [0.15, 0.2) is 6.10 Å². The summed E-state index contributed by atoms with van der Waals surface area (Å²) in [6, 6.07) is 4.25. The Hall–Kier alpha value is -1.07. The minimum atomic E-state index is -1.06. The molecule has 1 heterocycles. The predicted octanol–water partition coefficient (Wildman–Crippen LogP) is 3.84. The van der Waals surface area contributed by atoms with Gasteiger partial charge >= 0.3 is 0 Å². The fourth-order valence-electron chi connectivity index (χ4n) is 2.60. The molecule has 1 aromatic rings. The summed E-state index contributed by atoms with van der Waals surface area (Å²) < 4.78 is 0.924. The van der Waals surface area contributed by atoms with E-state index in [1.54, 1.807) is 0 Å². The number of anilines is 2. The first-order valence-electron chi connectivity index (χ1n) is 7.58. The quantitative estimate of drug-likeness (QED) is 0.815. The molecule has 2 rings (SSSR count). The van der Waals surface area contributed by atoms with Crippen molar-refractivity contribution < 1.29 is 9.90 Å². The first-order valence-corrected chi connectivity index (χ1v) is 8.37. The number of aliphatic hydroxyl groups excluding tert-OH is 1. The van der Waals surface area contributed by atoms with Gasteiger partial charge in [0.1, 0.15) is 0 Å². The van der Waals surface area contributed by atoms with Crippen molar-refractivity contribution in [2.45, 2.75) is 52.2 Å². The Kier molecular flexibility index (Phi) is 5.27. The lowest BCUT2D eigenvalue weighted by Gasteiger charge is -2.32. The molecular formula is C16H23BrN2O2. The van der Waals surface area contributed by atoms with Crippen LogP contribution in [0.1, 0.15) is 51.7 Å². The number of nitrogens with zero attached hydrogens (tertiary/aromatic N) is 1. The molecule has 0 spiro atoms. The number of carbonyl (C=O) groups is 1. The van der Waals surface area contributed by atoms with Crippen molar-refractivity contribution >= 4 is 33.2 Å². The fourth-order valence-corrected chi connectivity index (χ4v) is 3.19. The number of fused-ring (bicyclic) bond motifs is 1. The van der Waals surface area contributed by atoms with E-state index in [1.165, 1.54) is 0 Å². The second-order valence-corrected chi connectivity index (χ2v) is 6.44. The van der Waals surface area contributed by atoms with Crippen LogP contribution in [-0.2, 0) is 4.79 Å². The van der Waals surface area contributed by atoms with Gasteiger partial charge in [-0.3, -0.25) is 4.79 Å². The van der Waals surface area contributed by atoms with Gasteiger partial charge in [0.25, 0.3) is 5.91 Å². The number of rotatable bonds is 6. The topological polar surface area (TPSA) is 52.6 Å². The van der Waals surface area contributed by atoms with Crippen molar-refractivity contribution in [2.75, 3.05) is 16.8 Å². The van der Waals surface area contributed by atoms with Crippen molar-refractivity contribution in [3.63, 3.8) is 0 Å². The highest BCUT2D eigenvalue weighted by Gasteiger charge is 2.30. The van der Waals surface area contributed by atoms with E-state index in [2.05, 4.69) is 46.9 Å². The highest BCUT2D eigenvalue weighted by molar-refractivity contribution is 9.10. The van der Waals surface area contributed by atoms with E-state index in [0.717, 1.165) is 41.7 Å². The number of carbonyl (C=O) groups excluding carboxylic acids is 1. The minimum Gasteiger partial charge on any atom is -0.378 e. The number of nitrogens with one attached hydrogen (secondary N) is 1. The predicted molar refractivity (Wildman–Crippen MR) is 89.7 cm³/mol. The zero-order valence-electron chi connectivity index (χ0n) is 12.8. The van der Waals surface area contributed by atoms with Gasteiger partial charge in [0.05, 0.1) is 5.69 Å². The third-order valence-electron chi connectivity index (χ3n) is 4.10. The second-order valence-electron chi connectivity index (χ2n) is 5.59. The minimum absolute atomic E-state index is 0.349. The Morgan fingerprint density at radius 1 is 1.43 bits per heavy atom. The van der Waals surface area contributed by atoms with Gasteiger partial charge in [-0.15, -0.1) is 0 Å². The fraction of sp³-hybridized carbons (Fsp3) is 0.562. The highest BCUT2D eigenvalue weighted by atomic mass is 79.9. The van der Waals surface area contributed by atoms with Gasteiger partial charge in [-0.2, -0.15) is 0 Å². The summed E-state index contributed by atoms with van der Waals surface area (Å²) in [7, 11) is 0. The summed E-state index contributed by atoms with van der Waals surface area (Å²) in [6.07, 6.45) is 2.27. The lowest BCUT2D eigenvalue weighted by molar-refractivity contribution is -0.123. The molecule has 4 nitrogen and oxygen atoms in total. The third-order valence-corrected chi connectivity index (χ3v) is 4.74. The molecule has 2 N–H and O–H groups in total. The Labute approximate surface area is 134 Å². The maximum absolute atomic E-state index is 11.6. The molecule has 1 amide bonds. The molecule has 1 aromatic carbocycles. The Morgan fingerprint density at radius 3 is 2.76 bits per heavy atom. The highest BCUT2D eigenvalue weighted by Crippen LogP contribution is 2.39. The van der Waals surface area contributed by atoms with Crippen LogP contribution in [0.5, 0.6) is 0 Å². The van der Waals surface area contributed by atoms with Crippen molar-refractivity contribution in [3.05, 3.63) is 22.2 Å². The molecule has 0 saturated carbocycles. The van der Waals surface area contributed by atoms with E-state index in [-0.39, 0.29) is 5.91 Å². The average molecular weight is 355 g/mol. The first-order chi connectivity index (χ1) is 9.99. The number of aliphatic hydroxyl groups is 1. The van der Waals surface area contributed by atoms with Crippen LogP contribution < -0.4 is 10.2 Å². The van der Waals surface area contributed by atoms with E-state index in [0.29, 0.717) is 11.6 Å². The van der Waals surface area contributed by atoms with E-state index in [1.807, 2.05) is 12.1 Å². The third kappa shape index (κ3) is 3.24. The number of hydrogen-bond donors (Lipinski definition) is 2. The van der Waals surface area contributed by atoms with Gasteiger partial charge in [0.2, 0.25) is 0 Å². The van der Waals surface area contributed by atoms with Crippen LogP contribution in [0.25, 0.3) is 0 Å². The largest absolute Gasteiger partial charge is 0.378 e. The second kappa shape index (κ2) is 6.79. The first kappa shape index (κ1) is 16.3. The molecule has 2 atom stereocenters. The Balaban J connectivity index is 2.38. The number of unbranched alkanes of at least 4 members (excludes halogenated alkanes) is 1. The summed E-state index contributed by atoms with van der Waals surface area (Å²) in [5, 5.41) is 12.6. The maximum atomic E-state index is 11.6. The van der Waals surface area contributed by atoms with Gasteiger partial charge in [-0.05, 0) is 47.8 Å². The lowest BCUT2D eigenvalue weighted by atomic mass is 10.1. The molecule has 5 heteroatoms. The van der Waals surface area contributed by atoms with Crippen LogP contribution in [0.15, 0.2) is 16.6 Å². The van der Waals surface area contributed by atoms with Crippen LogP contribution in [0.4, 0.5) is 11.4 Å². The standard InChI is InChI=1S/C16H23BrN2O2/c1-4-6-7-19(10(3)5-2)14-9-13-11(8-12(14)17)15(20)16(21)18-13/h8-10,15,20H,4-7H2,1-3H3,(H,18,21). The summed E-state index contributed by atoms with van der Waals surface area (Å²) in [5.41, 5.74) is 2.44. The number of halogens is 1. The lowest BCUT2D eigenvalue weighted by Crippen LogP contribution is -2.33.